The van der Waals surface area contributed by atoms with E-state index in [0.29, 0.717) is 34.9 Å². The number of aromatic amines is 1. The number of amides is 2. The summed E-state index contributed by atoms with van der Waals surface area (Å²) in [5, 5.41) is 9.08. The molecule has 1 aromatic heterocycles. The first-order valence-corrected chi connectivity index (χ1v) is 13.4. The van der Waals surface area contributed by atoms with Crippen LogP contribution in [0.25, 0.3) is 11.3 Å². The number of rotatable bonds is 9. The predicted octanol–water partition coefficient (Wildman–Crippen LogP) is 4.92. The maximum atomic E-state index is 13.0. The fourth-order valence-corrected chi connectivity index (χ4v) is 4.40. The lowest BCUT2D eigenvalue weighted by atomic mass is 9.86. The fraction of sp³-hybridized carbons (Fsp3) is 0.250. The summed E-state index contributed by atoms with van der Waals surface area (Å²) in [7, 11) is 0. The number of aromatic nitrogens is 2. The van der Waals surface area contributed by atoms with E-state index in [1.165, 1.54) is 0 Å². The third-order valence-electron chi connectivity index (χ3n) is 6.79. The number of carbonyl (C=O) groups is 2. The molecule has 4 rings (SSSR count). The van der Waals surface area contributed by atoms with Gasteiger partial charge in [0.15, 0.2) is 5.82 Å². The van der Waals surface area contributed by atoms with Crippen LogP contribution in [0, 0.1) is 13.8 Å². The molecule has 0 fully saturated rings. The number of nitrogens with one attached hydrogen (secondary N) is 4. The quantitative estimate of drug-likeness (QED) is 0.199. The van der Waals surface area contributed by atoms with Crippen LogP contribution in [-0.2, 0) is 16.8 Å². The molecule has 3 aromatic carbocycles. The number of H-pyrrole nitrogens is 1. The van der Waals surface area contributed by atoms with Crippen LogP contribution in [0.15, 0.2) is 71.5 Å². The Morgan fingerprint density at radius 1 is 0.951 bits per heavy atom. The lowest BCUT2D eigenvalue weighted by molar-refractivity contribution is -0.117. The van der Waals surface area contributed by atoms with Crippen LogP contribution in [0.1, 0.15) is 53.5 Å². The summed E-state index contributed by atoms with van der Waals surface area (Å²) in [6.07, 6.45) is 0. The van der Waals surface area contributed by atoms with Gasteiger partial charge in [-0.1, -0.05) is 57.2 Å². The third-order valence-corrected chi connectivity index (χ3v) is 6.79. The zero-order chi connectivity index (χ0) is 29.7. The summed E-state index contributed by atoms with van der Waals surface area (Å²) in [5.74, 6) is -0.469. The lowest BCUT2D eigenvalue weighted by Gasteiger charge is -2.19. The van der Waals surface area contributed by atoms with Gasteiger partial charge < -0.3 is 26.7 Å². The molecular weight excluding hydrogens is 516 g/mol. The minimum Gasteiger partial charge on any atom is -0.369 e. The fourth-order valence-electron chi connectivity index (χ4n) is 4.40. The van der Waals surface area contributed by atoms with Crippen LogP contribution in [-0.4, -0.2) is 28.3 Å². The average molecular weight is 553 g/mol. The van der Waals surface area contributed by atoms with Crippen molar-refractivity contribution in [1.82, 2.24) is 15.3 Å². The number of hydrogen-bond donors (Lipinski definition) is 5. The highest BCUT2D eigenvalue weighted by Crippen LogP contribution is 2.30. The Balaban J connectivity index is 1.55. The van der Waals surface area contributed by atoms with Gasteiger partial charge in [0, 0.05) is 34.7 Å². The van der Waals surface area contributed by atoms with Crippen molar-refractivity contribution < 1.29 is 9.59 Å². The van der Waals surface area contributed by atoms with Crippen molar-refractivity contribution in [3.05, 3.63) is 105 Å². The van der Waals surface area contributed by atoms with Crippen molar-refractivity contribution in [3.63, 3.8) is 0 Å². The van der Waals surface area contributed by atoms with Crippen LogP contribution in [0.4, 0.5) is 17.2 Å². The molecule has 6 N–H and O–H groups in total. The van der Waals surface area contributed by atoms with E-state index in [1.807, 2.05) is 73.7 Å². The van der Waals surface area contributed by atoms with Crippen molar-refractivity contribution in [2.75, 3.05) is 17.2 Å². The van der Waals surface area contributed by atoms with E-state index in [2.05, 4.69) is 46.7 Å². The third kappa shape index (κ3) is 7.26. The molecule has 212 valence electrons. The van der Waals surface area contributed by atoms with Crippen LogP contribution < -0.4 is 27.2 Å². The normalized spacial score (nSPS) is 11.2. The SMILES string of the molecule is Cc1[nH]c(=O)c(Nc2ccc(CNCC(N)=O)cc2)nc1-c1cccc(NC(=O)c2ccc(C(C)(C)C)cc2)c1C. The van der Waals surface area contributed by atoms with Gasteiger partial charge in [-0.15, -0.1) is 0 Å². The molecule has 0 radical (unpaired) electrons. The van der Waals surface area contributed by atoms with Crippen LogP contribution in [0.3, 0.4) is 0 Å². The van der Waals surface area contributed by atoms with E-state index in [-0.39, 0.29) is 29.2 Å². The minimum atomic E-state index is -0.419. The number of anilines is 3. The summed E-state index contributed by atoms with van der Waals surface area (Å²) in [5.41, 5.74) is 11.7. The Kier molecular flexibility index (Phi) is 8.68. The minimum absolute atomic E-state index is 0.00319. The Morgan fingerprint density at radius 3 is 2.27 bits per heavy atom. The molecule has 0 unspecified atom stereocenters. The number of aryl methyl sites for hydroxylation is 1. The van der Waals surface area contributed by atoms with Gasteiger partial charge in [0.1, 0.15) is 0 Å². The van der Waals surface area contributed by atoms with Gasteiger partial charge in [-0.25, -0.2) is 4.98 Å². The van der Waals surface area contributed by atoms with Crippen molar-refractivity contribution in [3.8, 4) is 11.3 Å². The Hall–Kier alpha value is -4.76. The molecule has 9 nitrogen and oxygen atoms in total. The second-order valence-electron chi connectivity index (χ2n) is 11.0. The molecule has 41 heavy (non-hydrogen) atoms. The summed E-state index contributed by atoms with van der Waals surface area (Å²) < 4.78 is 0. The number of nitrogens with two attached hydrogens (primary N) is 1. The van der Waals surface area contributed by atoms with E-state index in [0.717, 1.165) is 22.3 Å². The zero-order valence-corrected chi connectivity index (χ0v) is 24.0. The Bertz CT molecular complexity index is 1620. The first-order chi connectivity index (χ1) is 19.4. The van der Waals surface area contributed by atoms with Crippen LogP contribution in [0.2, 0.25) is 0 Å². The summed E-state index contributed by atoms with van der Waals surface area (Å²) in [6.45, 7) is 10.7. The molecule has 2 amide bonds. The number of carbonyl (C=O) groups excluding carboxylic acids is 2. The predicted molar refractivity (Wildman–Crippen MR) is 163 cm³/mol. The monoisotopic (exact) mass is 552 g/mol. The summed E-state index contributed by atoms with van der Waals surface area (Å²) >= 11 is 0. The Morgan fingerprint density at radius 2 is 1.63 bits per heavy atom. The zero-order valence-electron chi connectivity index (χ0n) is 24.0. The highest BCUT2D eigenvalue weighted by molar-refractivity contribution is 6.05. The molecule has 0 aliphatic carbocycles. The van der Waals surface area contributed by atoms with Gasteiger partial charge in [-0.05, 0) is 66.3 Å². The van der Waals surface area contributed by atoms with Crippen LogP contribution >= 0.6 is 0 Å². The highest BCUT2D eigenvalue weighted by Gasteiger charge is 2.17. The van der Waals surface area contributed by atoms with E-state index >= 15 is 0 Å². The second kappa shape index (κ2) is 12.2. The van der Waals surface area contributed by atoms with E-state index < -0.39 is 5.91 Å². The van der Waals surface area contributed by atoms with Crippen molar-refractivity contribution in [2.45, 2.75) is 46.6 Å². The van der Waals surface area contributed by atoms with Gasteiger partial charge in [0.25, 0.3) is 11.5 Å². The largest absolute Gasteiger partial charge is 0.369 e. The molecule has 0 atom stereocenters. The standard InChI is InChI=1S/C32H36N6O3/c1-19-25(7-6-8-26(19)37-30(40)22-11-13-23(14-12-22)32(3,4)5)28-20(2)35-31(41)29(38-28)36-24-15-9-21(10-16-24)17-34-18-27(33)39/h6-16,34H,17-18H2,1-5H3,(H2,33,39)(H,35,41)(H,36,38)(H,37,40). The highest BCUT2D eigenvalue weighted by atomic mass is 16.2. The molecule has 0 aliphatic heterocycles. The van der Waals surface area contributed by atoms with Gasteiger partial charge in [-0.2, -0.15) is 0 Å². The van der Waals surface area contributed by atoms with Crippen LogP contribution in [0.5, 0.6) is 0 Å². The van der Waals surface area contributed by atoms with Gasteiger partial charge in [0.05, 0.1) is 12.2 Å². The first kappa shape index (κ1) is 29.2. The molecule has 0 saturated carbocycles. The maximum absolute atomic E-state index is 13.0. The van der Waals surface area contributed by atoms with E-state index in [4.69, 9.17) is 5.73 Å². The number of benzene rings is 3. The number of nitrogens with zero attached hydrogens (tertiary/aromatic N) is 1. The number of primary amides is 1. The van der Waals surface area contributed by atoms with Gasteiger partial charge >= 0.3 is 0 Å². The topological polar surface area (TPSA) is 142 Å². The molecule has 1 heterocycles. The second-order valence-corrected chi connectivity index (χ2v) is 11.0. The molecule has 0 bridgehead atoms. The lowest BCUT2D eigenvalue weighted by Crippen LogP contribution is -2.28. The molecule has 0 aliphatic rings. The molecule has 9 heteroatoms. The van der Waals surface area contributed by atoms with Crippen molar-refractivity contribution in [1.29, 1.82) is 0 Å². The van der Waals surface area contributed by atoms with E-state index in [1.54, 1.807) is 6.92 Å². The van der Waals surface area contributed by atoms with Crippen molar-refractivity contribution in [2.24, 2.45) is 5.73 Å². The van der Waals surface area contributed by atoms with Crippen molar-refractivity contribution >= 4 is 29.0 Å². The Labute approximate surface area is 239 Å². The summed E-state index contributed by atoms with van der Waals surface area (Å²) in [4.78, 5) is 44.3. The average Bonchev–Trinajstić information content (AvgIpc) is 2.92. The maximum Gasteiger partial charge on any atom is 0.291 e. The first-order valence-electron chi connectivity index (χ1n) is 13.4. The molecule has 4 aromatic rings. The molecule has 0 saturated heterocycles. The summed E-state index contributed by atoms with van der Waals surface area (Å²) in [6, 6.07) is 20.7. The van der Waals surface area contributed by atoms with E-state index in [9.17, 15) is 14.4 Å². The number of hydrogen-bond acceptors (Lipinski definition) is 6. The van der Waals surface area contributed by atoms with Gasteiger partial charge in [-0.3, -0.25) is 14.4 Å². The smallest absolute Gasteiger partial charge is 0.291 e. The van der Waals surface area contributed by atoms with Gasteiger partial charge in [0.2, 0.25) is 5.91 Å². The molecular formula is C32H36N6O3. The molecule has 0 spiro atoms.